The van der Waals surface area contributed by atoms with E-state index in [-0.39, 0.29) is 17.8 Å². The van der Waals surface area contributed by atoms with E-state index in [2.05, 4.69) is 15.5 Å². The summed E-state index contributed by atoms with van der Waals surface area (Å²) in [5.41, 5.74) is 2.58. The number of nitrogens with zero attached hydrogens (tertiary/aromatic N) is 3. The van der Waals surface area contributed by atoms with Gasteiger partial charge < -0.3 is 25.3 Å². The van der Waals surface area contributed by atoms with Crippen molar-refractivity contribution in [2.24, 2.45) is 0 Å². The molecule has 194 valence electrons. The molecule has 2 N–H and O–H groups in total. The summed E-state index contributed by atoms with van der Waals surface area (Å²) in [6, 6.07) is 15.9. The predicted molar refractivity (Wildman–Crippen MR) is 150 cm³/mol. The fraction of sp³-hybridized carbons (Fsp3) is 0.296. The first-order chi connectivity index (χ1) is 17.9. The summed E-state index contributed by atoms with van der Waals surface area (Å²) in [5.74, 6) is -0.292. The van der Waals surface area contributed by atoms with E-state index in [1.54, 1.807) is 46.2 Å². The summed E-state index contributed by atoms with van der Waals surface area (Å²) in [6.45, 7) is 7.23. The van der Waals surface area contributed by atoms with Crippen molar-refractivity contribution >= 4 is 57.8 Å². The van der Waals surface area contributed by atoms with Gasteiger partial charge in [0.05, 0.1) is 10.4 Å². The number of thiophene rings is 1. The van der Waals surface area contributed by atoms with Crippen LogP contribution in [0.1, 0.15) is 33.9 Å². The zero-order chi connectivity index (χ0) is 26.4. The van der Waals surface area contributed by atoms with E-state index in [4.69, 9.17) is 11.6 Å². The summed E-state index contributed by atoms with van der Waals surface area (Å²) < 4.78 is 0. The molecule has 0 radical (unpaired) electrons. The number of carbonyl (C=O) groups excluding carboxylic acids is 3. The molecule has 0 bridgehead atoms. The number of hydrogen-bond acceptors (Lipinski definition) is 5. The van der Waals surface area contributed by atoms with Crippen LogP contribution >= 0.6 is 22.9 Å². The van der Waals surface area contributed by atoms with E-state index >= 15 is 0 Å². The molecule has 1 aromatic heterocycles. The number of carbonyl (C=O) groups is 3. The van der Waals surface area contributed by atoms with Crippen LogP contribution in [0.2, 0.25) is 5.02 Å². The molecule has 8 nitrogen and oxygen atoms in total. The molecule has 1 saturated heterocycles. The molecular weight excluding hydrogens is 510 g/mol. The number of nitrogens with one attached hydrogen (secondary N) is 2. The average Bonchev–Trinajstić information content (AvgIpc) is 3.46. The van der Waals surface area contributed by atoms with Gasteiger partial charge in [-0.3, -0.25) is 9.59 Å². The fourth-order valence-electron chi connectivity index (χ4n) is 4.23. The minimum absolute atomic E-state index is 0.0878. The Hall–Kier alpha value is -3.56. The number of amides is 4. The van der Waals surface area contributed by atoms with Crippen LogP contribution in [0.4, 0.5) is 21.9 Å². The molecule has 4 rings (SSSR count). The number of rotatable bonds is 7. The van der Waals surface area contributed by atoms with Crippen LogP contribution in [0.15, 0.2) is 60.0 Å². The van der Waals surface area contributed by atoms with Crippen LogP contribution in [-0.4, -0.2) is 66.9 Å². The molecule has 0 unspecified atom stereocenters. The lowest BCUT2D eigenvalue weighted by Gasteiger charge is -2.37. The molecule has 2 heterocycles. The normalized spacial score (nSPS) is 13.3. The minimum Gasteiger partial charge on any atom is -0.367 e. The van der Waals surface area contributed by atoms with Crippen molar-refractivity contribution in [3.8, 4) is 0 Å². The Bertz CT molecular complexity index is 1240. The Morgan fingerprint density at radius 1 is 0.919 bits per heavy atom. The highest BCUT2D eigenvalue weighted by Crippen LogP contribution is 2.28. The quantitative estimate of drug-likeness (QED) is 0.416. The molecule has 0 aliphatic carbocycles. The van der Waals surface area contributed by atoms with Crippen LogP contribution in [0.3, 0.4) is 0 Å². The van der Waals surface area contributed by atoms with E-state index in [9.17, 15) is 14.4 Å². The van der Waals surface area contributed by atoms with Crippen molar-refractivity contribution in [2.45, 2.75) is 13.8 Å². The standard InChI is InChI=1S/C27H30ClN5O3S/c1-3-31(4-2)26(35)22-18-21(29-25(34)24-6-5-17-37-24)11-12-23(22)32-13-15-33(16-14-32)27(36)30-20-9-7-19(28)8-10-20/h5-12,17-18H,3-4,13-16H2,1-2H3,(H,29,34)(H,30,36). The minimum atomic E-state index is -0.204. The second-order valence-electron chi connectivity index (χ2n) is 8.55. The van der Waals surface area contributed by atoms with E-state index < -0.39 is 0 Å². The smallest absolute Gasteiger partial charge is 0.321 e. The topological polar surface area (TPSA) is 85.0 Å². The molecule has 2 aromatic carbocycles. The number of urea groups is 1. The van der Waals surface area contributed by atoms with Gasteiger partial charge in [-0.15, -0.1) is 11.3 Å². The van der Waals surface area contributed by atoms with Gasteiger partial charge in [0.2, 0.25) is 0 Å². The van der Waals surface area contributed by atoms with Gasteiger partial charge in [0.1, 0.15) is 0 Å². The van der Waals surface area contributed by atoms with Crippen LogP contribution in [0, 0.1) is 0 Å². The van der Waals surface area contributed by atoms with E-state index in [0.29, 0.717) is 66.1 Å². The van der Waals surface area contributed by atoms with Crippen molar-refractivity contribution in [1.82, 2.24) is 9.80 Å². The third-order valence-corrected chi connectivity index (χ3v) is 7.40. The van der Waals surface area contributed by atoms with Crippen molar-refractivity contribution in [2.75, 3.05) is 54.8 Å². The highest BCUT2D eigenvalue weighted by Gasteiger charge is 2.26. The molecule has 1 fully saturated rings. The lowest BCUT2D eigenvalue weighted by atomic mass is 10.1. The predicted octanol–water partition coefficient (Wildman–Crippen LogP) is 5.49. The summed E-state index contributed by atoms with van der Waals surface area (Å²) in [4.78, 5) is 45.0. The second kappa shape index (κ2) is 12.1. The fourth-order valence-corrected chi connectivity index (χ4v) is 4.97. The van der Waals surface area contributed by atoms with Gasteiger partial charge in [0.15, 0.2) is 0 Å². The van der Waals surface area contributed by atoms with Gasteiger partial charge in [0, 0.05) is 61.4 Å². The molecule has 0 saturated carbocycles. The van der Waals surface area contributed by atoms with Gasteiger partial charge in [-0.05, 0) is 67.8 Å². The SMILES string of the molecule is CCN(CC)C(=O)c1cc(NC(=O)c2cccs2)ccc1N1CCN(C(=O)Nc2ccc(Cl)cc2)CC1. The number of benzene rings is 2. The molecule has 37 heavy (non-hydrogen) atoms. The zero-order valence-electron chi connectivity index (χ0n) is 20.9. The van der Waals surface area contributed by atoms with Gasteiger partial charge in [-0.25, -0.2) is 4.79 Å². The van der Waals surface area contributed by atoms with Gasteiger partial charge in [-0.1, -0.05) is 17.7 Å². The largest absolute Gasteiger partial charge is 0.367 e. The number of hydrogen-bond donors (Lipinski definition) is 2. The number of halogens is 1. The number of anilines is 3. The molecule has 10 heteroatoms. The lowest BCUT2D eigenvalue weighted by molar-refractivity contribution is 0.0773. The average molecular weight is 540 g/mol. The Morgan fingerprint density at radius 3 is 2.22 bits per heavy atom. The number of piperazine rings is 1. The molecule has 0 atom stereocenters. The summed E-state index contributed by atoms with van der Waals surface area (Å²) in [6.07, 6.45) is 0. The van der Waals surface area contributed by atoms with Crippen LogP contribution in [0.5, 0.6) is 0 Å². The third-order valence-electron chi connectivity index (χ3n) is 6.28. The Kier molecular flexibility index (Phi) is 8.68. The molecule has 3 aromatic rings. The van der Waals surface area contributed by atoms with Crippen LogP contribution in [-0.2, 0) is 0 Å². The zero-order valence-corrected chi connectivity index (χ0v) is 22.4. The van der Waals surface area contributed by atoms with Crippen molar-refractivity contribution < 1.29 is 14.4 Å². The molecule has 4 amide bonds. The lowest BCUT2D eigenvalue weighted by Crippen LogP contribution is -2.50. The first-order valence-corrected chi connectivity index (χ1v) is 13.5. The summed E-state index contributed by atoms with van der Waals surface area (Å²) >= 11 is 7.29. The highest BCUT2D eigenvalue weighted by molar-refractivity contribution is 7.12. The maximum absolute atomic E-state index is 13.4. The van der Waals surface area contributed by atoms with Gasteiger partial charge >= 0.3 is 6.03 Å². The molecule has 1 aliphatic rings. The molecule has 0 spiro atoms. The Morgan fingerprint density at radius 2 is 1.59 bits per heavy atom. The monoisotopic (exact) mass is 539 g/mol. The van der Waals surface area contributed by atoms with E-state index in [1.807, 2.05) is 37.4 Å². The first-order valence-electron chi connectivity index (χ1n) is 12.2. The maximum Gasteiger partial charge on any atom is 0.321 e. The van der Waals surface area contributed by atoms with Crippen molar-refractivity contribution in [1.29, 1.82) is 0 Å². The Balaban J connectivity index is 1.49. The van der Waals surface area contributed by atoms with Gasteiger partial charge in [0.25, 0.3) is 11.8 Å². The summed E-state index contributed by atoms with van der Waals surface area (Å²) in [7, 11) is 0. The van der Waals surface area contributed by atoms with Crippen LogP contribution in [0.25, 0.3) is 0 Å². The van der Waals surface area contributed by atoms with Crippen molar-refractivity contribution in [3.63, 3.8) is 0 Å². The molecular formula is C27H30ClN5O3S. The second-order valence-corrected chi connectivity index (χ2v) is 9.94. The molecule has 1 aliphatic heterocycles. The van der Waals surface area contributed by atoms with Crippen molar-refractivity contribution in [3.05, 3.63) is 75.4 Å². The van der Waals surface area contributed by atoms with E-state index in [1.165, 1.54) is 11.3 Å². The third kappa shape index (κ3) is 6.42. The highest BCUT2D eigenvalue weighted by atomic mass is 35.5. The first kappa shape index (κ1) is 26.5. The van der Waals surface area contributed by atoms with Gasteiger partial charge in [-0.2, -0.15) is 0 Å². The van der Waals surface area contributed by atoms with E-state index in [0.717, 1.165) is 5.69 Å². The summed E-state index contributed by atoms with van der Waals surface area (Å²) in [5, 5.41) is 8.27. The van der Waals surface area contributed by atoms with Crippen LogP contribution < -0.4 is 15.5 Å². The maximum atomic E-state index is 13.4. The Labute approximate surface area is 225 Å².